The van der Waals surface area contributed by atoms with Crippen LogP contribution in [0.4, 0.5) is 5.69 Å². The van der Waals surface area contributed by atoms with Gasteiger partial charge in [-0.25, -0.2) is 0 Å². The summed E-state index contributed by atoms with van der Waals surface area (Å²) in [5, 5.41) is 0. The minimum Gasteiger partial charge on any atom is -0.472 e. The maximum Gasteiger partial charge on any atom is 0.257 e. The molecule has 31 heavy (non-hydrogen) atoms. The van der Waals surface area contributed by atoms with E-state index in [9.17, 15) is 9.59 Å². The number of hydrogen-bond donors (Lipinski definition) is 0. The molecule has 1 atom stereocenters. The second-order valence-corrected chi connectivity index (χ2v) is 8.30. The molecule has 7 nitrogen and oxygen atoms in total. The normalized spacial score (nSPS) is 18.9. The van der Waals surface area contributed by atoms with E-state index in [1.165, 1.54) is 23.8 Å². The van der Waals surface area contributed by atoms with Crippen molar-refractivity contribution in [2.75, 3.05) is 50.8 Å². The van der Waals surface area contributed by atoms with Gasteiger partial charge in [0.2, 0.25) is 5.91 Å². The van der Waals surface area contributed by atoms with Gasteiger partial charge in [-0.05, 0) is 37.5 Å². The van der Waals surface area contributed by atoms with E-state index in [1.54, 1.807) is 11.0 Å². The van der Waals surface area contributed by atoms with Gasteiger partial charge in [0.1, 0.15) is 6.26 Å². The fraction of sp³-hybridized carbons (Fsp3) is 0.500. The summed E-state index contributed by atoms with van der Waals surface area (Å²) in [6, 6.07) is 10.0. The lowest BCUT2D eigenvalue weighted by atomic mass is 10.1. The van der Waals surface area contributed by atoms with Gasteiger partial charge < -0.3 is 23.9 Å². The molecule has 0 radical (unpaired) electrons. The minimum atomic E-state index is -0.110. The first-order valence-electron chi connectivity index (χ1n) is 11.1. The Labute approximate surface area is 183 Å². The number of carbonyl (C=O) groups excluding carboxylic acids is 2. The Morgan fingerprint density at radius 1 is 1.13 bits per heavy atom. The third kappa shape index (κ3) is 5.28. The number of hydrogen-bond acceptors (Lipinski definition) is 5. The quantitative estimate of drug-likeness (QED) is 0.682. The van der Waals surface area contributed by atoms with Crippen LogP contribution in [0.3, 0.4) is 0 Å². The zero-order valence-corrected chi connectivity index (χ0v) is 18.2. The lowest BCUT2D eigenvalue weighted by Gasteiger charge is -2.37. The summed E-state index contributed by atoms with van der Waals surface area (Å²) in [6.07, 6.45) is 5.28. The van der Waals surface area contributed by atoms with Gasteiger partial charge in [0, 0.05) is 58.0 Å². The number of para-hydroxylation sites is 1. The zero-order valence-electron chi connectivity index (χ0n) is 18.2. The Hall–Kier alpha value is -2.80. The van der Waals surface area contributed by atoms with Crippen LogP contribution in [0.1, 0.15) is 35.2 Å². The van der Waals surface area contributed by atoms with Gasteiger partial charge in [-0.1, -0.05) is 18.2 Å². The summed E-state index contributed by atoms with van der Waals surface area (Å²) in [5.74, 6) is -0.0109. The largest absolute Gasteiger partial charge is 0.472 e. The van der Waals surface area contributed by atoms with E-state index in [0.29, 0.717) is 38.2 Å². The molecule has 2 saturated heterocycles. The third-order valence-corrected chi connectivity index (χ3v) is 6.19. The van der Waals surface area contributed by atoms with Crippen molar-refractivity contribution in [3.8, 4) is 0 Å². The Morgan fingerprint density at radius 3 is 2.61 bits per heavy atom. The molecule has 4 rings (SSSR count). The number of benzene rings is 1. The SMILES string of the molecule is Cc1ccccc1N1CCN(C(=O)CCN(CC2CCCO2)C(=O)c2ccoc2)CC1. The van der Waals surface area contributed by atoms with Gasteiger partial charge in [0.25, 0.3) is 5.91 Å². The third-order valence-electron chi connectivity index (χ3n) is 6.19. The minimum absolute atomic E-state index is 0.0450. The lowest BCUT2D eigenvalue weighted by Crippen LogP contribution is -2.49. The molecule has 2 amide bonds. The molecule has 1 aromatic heterocycles. The van der Waals surface area contributed by atoms with Gasteiger partial charge in [0.15, 0.2) is 0 Å². The van der Waals surface area contributed by atoms with Crippen molar-refractivity contribution in [2.45, 2.75) is 32.3 Å². The van der Waals surface area contributed by atoms with Crippen molar-refractivity contribution in [1.82, 2.24) is 9.80 Å². The van der Waals surface area contributed by atoms with E-state index in [0.717, 1.165) is 32.5 Å². The number of ether oxygens (including phenoxy) is 1. The average molecular weight is 426 g/mol. The molecule has 0 saturated carbocycles. The van der Waals surface area contributed by atoms with E-state index in [1.807, 2.05) is 11.0 Å². The highest BCUT2D eigenvalue weighted by Gasteiger charge is 2.26. The van der Waals surface area contributed by atoms with Crippen LogP contribution in [0, 0.1) is 6.92 Å². The van der Waals surface area contributed by atoms with Crippen molar-refractivity contribution in [3.05, 3.63) is 54.0 Å². The van der Waals surface area contributed by atoms with Gasteiger partial charge >= 0.3 is 0 Å². The molecule has 0 N–H and O–H groups in total. The summed E-state index contributed by atoms with van der Waals surface area (Å²) in [5.41, 5.74) is 3.00. The number of furan rings is 1. The number of nitrogens with zero attached hydrogens (tertiary/aromatic N) is 3. The van der Waals surface area contributed by atoms with Crippen LogP contribution < -0.4 is 4.90 Å². The zero-order chi connectivity index (χ0) is 21.6. The van der Waals surface area contributed by atoms with E-state index < -0.39 is 0 Å². The topological polar surface area (TPSA) is 66.2 Å². The van der Waals surface area contributed by atoms with E-state index in [-0.39, 0.29) is 17.9 Å². The number of amides is 2. The van der Waals surface area contributed by atoms with Crippen LogP contribution in [-0.2, 0) is 9.53 Å². The fourth-order valence-corrected chi connectivity index (χ4v) is 4.38. The second kappa shape index (κ2) is 10.0. The summed E-state index contributed by atoms with van der Waals surface area (Å²) < 4.78 is 10.8. The molecule has 166 valence electrons. The highest BCUT2D eigenvalue weighted by atomic mass is 16.5. The molecule has 0 aliphatic carbocycles. The van der Waals surface area contributed by atoms with Crippen LogP contribution >= 0.6 is 0 Å². The second-order valence-electron chi connectivity index (χ2n) is 8.30. The number of carbonyl (C=O) groups is 2. The molecule has 0 spiro atoms. The van der Waals surface area contributed by atoms with Crippen molar-refractivity contribution in [1.29, 1.82) is 0 Å². The molecule has 0 bridgehead atoms. The first-order chi connectivity index (χ1) is 15.1. The Bertz CT molecular complexity index is 869. The first-order valence-corrected chi connectivity index (χ1v) is 11.1. The molecule has 2 fully saturated rings. The Balaban J connectivity index is 1.31. The summed E-state index contributed by atoms with van der Waals surface area (Å²) >= 11 is 0. The number of piperazine rings is 1. The van der Waals surface area contributed by atoms with Crippen molar-refractivity contribution in [3.63, 3.8) is 0 Å². The summed E-state index contributed by atoms with van der Waals surface area (Å²) in [4.78, 5) is 31.8. The fourth-order valence-electron chi connectivity index (χ4n) is 4.38. The van der Waals surface area contributed by atoms with Gasteiger partial charge in [0.05, 0.1) is 17.9 Å². The lowest BCUT2D eigenvalue weighted by molar-refractivity contribution is -0.131. The van der Waals surface area contributed by atoms with Crippen LogP contribution in [0.5, 0.6) is 0 Å². The predicted octanol–water partition coefficient (Wildman–Crippen LogP) is 2.95. The average Bonchev–Trinajstić information content (AvgIpc) is 3.51. The molecule has 2 aromatic rings. The first kappa shape index (κ1) is 21.4. The Kier molecular flexibility index (Phi) is 6.92. The standard InChI is InChI=1S/C24H31N3O4/c1-19-5-2-3-7-22(19)25-11-13-26(14-12-25)23(28)8-10-27(17-21-6-4-15-31-21)24(29)20-9-16-30-18-20/h2-3,5,7,9,16,18,21H,4,6,8,10-15,17H2,1H3. The molecule has 2 aliphatic heterocycles. The van der Waals surface area contributed by atoms with Gasteiger partial charge in [-0.3, -0.25) is 9.59 Å². The maximum absolute atomic E-state index is 12.9. The molecule has 2 aliphatic rings. The van der Waals surface area contributed by atoms with Crippen molar-refractivity contribution in [2.24, 2.45) is 0 Å². The summed E-state index contributed by atoms with van der Waals surface area (Å²) in [7, 11) is 0. The number of anilines is 1. The number of rotatable bonds is 7. The molecule has 1 unspecified atom stereocenters. The molecule has 3 heterocycles. The predicted molar refractivity (Wildman–Crippen MR) is 118 cm³/mol. The maximum atomic E-state index is 12.9. The van der Waals surface area contributed by atoms with Gasteiger partial charge in [-0.2, -0.15) is 0 Å². The van der Waals surface area contributed by atoms with Crippen LogP contribution in [0.25, 0.3) is 0 Å². The summed E-state index contributed by atoms with van der Waals surface area (Å²) in [6.45, 7) is 6.81. The van der Waals surface area contributed by atoms with E-state index in [2.05, 4.69) is 30.0 Å². The van der Waals surface area contributed by atoms with E-state index >= 15 is 0 Å². The van der Waals surface area contributed by atoms with Crippen molar-refractivity contribution >= 4 is 17.5 Å². The van der Waals surface area contributed by atoms with Crippen LogP contribution in [-0.4, -0.2) is 73.6 Å². The van der Waals surface area contributed by atoms with Crippen molar-refractivity contribution < 1.29 is 18.7 Å². The van der Waals surface area contributed by atoms with Crippen LogP contribution in [0.2, 0.25) is 0 Å². The molecular formula is C24H31N3O4. The van der Waals surface area contributed by atoms with E-state index in [4.69, 9.17) is 9.15 Å². The van der Waals surface area contributed by atoms with Crippen LogP contribution in [0.15, 0.2) is 47.3 Å². The molecule has 1 aromatic carbocycles. The molecule has 7 heteroatoms. The highest BCUT2D eigenvalue weighted by molar-refractivity contribution is 5.94. The smallest absolute Gasteiger partial charge is 0.257 e. The molecular weight excluding hydrogens is 394 g/mol. The monoisotopic (exact) mass is 425 g/mol. The number of aryl methyl sites for hydroxylation is 1. The van der Waals surface area contributed by atoms with Gasteiger partial charge in [-0.15, -0.1) is 0 Å². The highest BCUT2D eigenvalue weighted by Crippen LogP contribution is 2.21. The Morgan fingerprint density at radius 2 is 1.94 bits per heavy atom.